The van der Waals surface area contributed by atoms with Gasteiger partial charge >= 0.3 is 0 Å². The van der Waals surface area contributed by atoms with Crippen LogP contribution in [0.1, 0.15) is 12.6 Å². The van der Waals surface area contributed by atoms with Crippen molar-refractivity contribution in [2.45, 2.75) is 24.5 Å². The summed E-state index contributed by atoms with van der Waals surface area (Å²) < 4.78 is 24.0. The fourth-order valence-electron chi connectivity index (χ4n) is 1.13. The van der Waals surface area contributed by atoms with E-state index in [1.807, 2.05) is 6.92 Å². The lowest BCUT2D eigenvalue weighted by Crippen LogP contribution is -2.09. The van der Waals surface area contributed by atoms with E-state index in [1.165, 1.54) is 6.20 Å². The first-order valence-electron chi connectivity index (χ1n) is 3.81. The Morgan fingerprint density at radius 3 is 2.62 bits per heavy atom. The van der Waals surface area contributed by atoms with Gasteiger partial charge in [0, 0.05) is 12.8 Å². The Kier molecular flexibility index (Phi) is 2.98. The first-order chi connectivity index (χ1) is 6.00. The molecule has 0 radical (unpaired) electrons. The molecule has 0 aliphatic carbocycles. The zero-order chi connectivity index (χ0) is 10.1. The van der Waals surface area contributed by atoms with Gasteiger partial charge in [0.15, 0.2) is 0 Å². The lowest BCUT2D eigenvalue weighted by atomic mass is 10.5. The van der Waals surface area contributed by atoms with Crippen LogP contribution in [-0.4, -0.2) is 24.2 Å². The summed E-state index contributed by atoms with van der Waals surface area (Å²) in [5.41, 5.74) is 0.726. The average molecular weight is 223 g/mol. The number of hydrogen-bond donors (Lipinski definition) is 0. The quantitative estimate of drug-likeness (QED) is 0.719. The molecule has 0 atom stereocenters. The van der Waals surface area contributed by atoms with E-state index >= 15 is 0 Å². The van der Waals surface area contributed by atoms with Crippen LogP contribution in [0.15, 0.2) is 11.4 Å². The molecule has 6 heteroatoms. The highest BCUT2D eigenvalue weighted by Gasteiger charge is 2.16. The van der Waals surface area contributed by atoms with Gasteiger partial charge in [-0.25, -0.2) is 13.4 Å². The van der Waals surface area contributed by atoms with Crippen molar-refractivity contribution in [3.8, 4) is 0 Å². The summed E-state index contributed by atoms with van der Waals surface area (Å²) in [5, 5.41) is 0.0886. The van der Waals surface area contributed by atoms with Gasteiger partial charge in [-0.15, -0.1) is 11.6 Å². The molecule has 0 saturated heterocycles. The maximum atomic E-state index is 11.2. The number of sulfone groups is 1. The number of imidazole rings is 1. The van der Waals surface area contributed by atoms with E-state index in [9.17, 15) is 8.42 Å². The standard InChI is InChI=1S/C7H11ClN2O2S/c1-3-10-6(4-8)5-9-7(10)13(2,11)12/h5H,3-4H2,1-2H3. The topological polar surface area (TPSA) is 52.0 Å². The fraction of sp³-hybridized carbons (Fsp3) is 0.571. The van der Waals surface area contributed by atoms with Gasteiger partial charge in [-0.1, -0.05) is 0 Å². The molecular weight excluding hydrogens is 212 g/mol. The summed E-state index contributed by atoms with van der Waals surface area (Å²) in [6.07, 6.45) is 2.63. The van der Waals surface area contributed by atoms with E-state index in [-0.39, 0.29) is 11.0 Å². The zero-order valence-corrected chi connectivity index (χ0v) is 9.06. The zero-order valence-electron chi connectivity index (χ0n) is 7.49. The minimum atomic E-state index is -3.24. The van der Waals surface area contributed by atoms with Gasteiger partial charge in [-0.2, -0.15) is 0 Å². The molecule has 0 saturated carbocycles. The number of halogens is 1. The lowest BCUT2D eigenvalue weighted by Gasteiger charge is -2.05. The molecule has 0 unspecified atom stereocenters. The van der Waals surface area contributed by atoms with Crippen molar-refractivity contribution < 1.29 is 8.42 Å². The summed E-state index contributed by atoms with van der Waals surface area (Å²) in [6, 6.07) is 0. The van der Waals surface area contributed by atoms with E-state index in [0.29, 0.717) is 6.54 Å². The molecule has 0 N–H and O–H groups in total. The molecule has 74 valence electrons. The van der Waals surface area contributed by atoms with Gasteiger partial charge in [0.25, 0.3) is 0 Å². The van der Waals surface area contributed by atoms with Crippen LogP contribution in [0.25, 0.3) is 0 Å². The van der Waals surface area contributed by atoms with Crippen LogP contribution in [0.3, 0.4) is 0 Å². The number of alkyl halides is 1. The summed E-state index contributed by atoms with van der Waals surface area (Å²) in [5.74, 6) is 0.274. The summed E-state index contributed by atoms with van der Waals surface area (Å²) in [6.45, 7) is 2.41. The van der Waals surface area contributed by atoms with Gasteiger partial charge in [0.05, 0.1) is 17.8 Å². The molecule has 0 spiro atoms. The van der Waals surface area contributed by atoms with Gasteiger partial charge in [-0.05, 0) is 6.92 Å². The van der Waals surface area contributed by atoms with E-state index in [4.69, 9.17) is 11.6 Å². The van der Waals surface area contributed by atoms with Crippen molar-refractivity contribution in [3.63, 3.8) is 0 Å². The Hall–Kier alpha value is -0.550. The minimum Gasteiger partial charge on any atom is -0.318 e. The smallest absolute Gasteiger partial charge is 0.227 e. The predicted octanol–water partition coefficient (Wildman–Crippen LogP) is 1.05. The molecule has 4 nitrogen and oxygen atoms in total. The molecule has 0 amide bonds. The van der Waals surface area contributed by atoms with Crippen LogP contribution < -0.4 is 0 Å². The van der Waals surface area contributed by atoms with Crippen LogP contribution in [0.4, 0.5) is 0 Å². The Bertz CT molecular complexity index is 397. The Morgan fingerprint density at radius 1 is 1.62 bits per heavy atom. The van der Waals surface area contributed by atoms with Crippen LogP contribution in [0.2, 0.25) is 0 Å². The monoisotopic (exact) mass is 222 g/mol. The number of rotatable bonds is 3. The second kappa shape index (κ2) is 3.67. The third-order valence-corrected chi connectivity index (χ3v) is 2.95. The maximum absolute atomic E-state index is 11.2. The van der Waals surface area contributed by atoms with E-state index in [0.717, 1.165) is 11.9 Å². The van der Waals surface area contributed by atoms with Crippen LogP contribution in [-0.2, 0) is 22.3 Å². The van der Waals surface area contributed by atoms with Crippen molar-refractivity contribution >= 4 is 21.4 Å². The highest BCUT2D eigenvalue weighted by atomic mass is 35.5. The Morgan fingerprint density at radius 2 is 2.23 bits per heavy atom. The fourth-order valence-corrected chi connectivity index (χ4v) is 2.24. The van der Waals surface area contributed by atoms with Crippen LogP contribution >= 0.6 is 11.6 Å². The van der Waals surface area contributed by atoms with Crippen molar-refractivity contribution in [3.05, 3.63) is 11.9 Å². The summed E-state index contributed by atoms with van der Waals surface area (Å²) in [4.78, 5) is 3.82. The third-order valence-electron chi connectivity index (χ3n) is 1.69. The molecule has 0 aliphatic heterocycles. The number of aromatic nitrogens is 2. The van der Waals surface area contributed by atoms with Gasteiger partial charge in [-0.3, -0.25) is 0 Å². The van der Waals surface area contributed by atoms with E-state index in [2.05, 4.69) is 4.98 Å². The average Bonchev–Trinajstić information content (AvgIpc) is 2.45. The number of nitrogens with zero attached hydrogens (tertiary/aromatic N) is 2. The van der Waals surface area contributed by atoms with E-state index in [1.54, 1.807) is 4.57 Å². The Balaban J connectivity index is 3.32. The molecule has 0 fully saturated rings. The van der Waals surface area contributed by atoms with Crippen molar-refractivity contribution in [2.24, 2.45) is 0 Å². The molecule has 1 aromatic rings. The molecule has 1 heterocycles. The molecule has 1 aromatic heterocycles. The SMILES string of the molecule is CCn1c(CCl)cnc1S(C)(=O)=O. The summed E-state index contributed by atoms with van der Waals surface area (Å²) >= 11 is 5.62. The van der Waals surface area contributed by atoms with Crippen molar-refractivity contribution in [2.75, 3.05) is 6.26 Å². The van der Waals surface area contributed by atoms with E-state index < -0.39 is 9.84 Å². The Labute approximate surface area is 82.5 Å². The van der Waals surface area contributed by atoms with Crippen LogP contribution in [0.5, 0.6) is 0 Å². The third kappa shape index (κ3) is 2.03. The highest BCUT2D eigenvalue weighted by molar-refractivity contribution is 7.90. The molecule has 1 rings (SSSR count). The van der Waals surface area contributed by atoms with Gasteiger partial charge in [0.1, 0.15) is 0 Å². The molecule has 0 aliphatic rings. The maximum Gasteiger partial charge on any atom is 0.227 e. The number of hydrogen-bond acceptors (Lipinski definition) is 3. The van der Waals surface area contributed by atoms with Gasteiger partial charge < -0.3 is 4.57 Å². The minimum absolute atomic E-state index is 0.0886. The second-order valence-electron chi connectivity index (χ2n) is 2.68. The highest BCUT2D eigenvalue weighted by Crippen LogP contribution is 2.12. The van der Waals surface area contributed by atoms with Crippen LogP contribution in [0, 0.1) is 0 Å². The van der Waals surface area contributed by atoms with Gasteiger partial charge in [0.2, 0.25) is 15.0 Å². The van der Waals surface area contributed by atoms with Crippen molar-refractivity contribution in [1.29, 1.82) is 0 Å². The second-order valence-corrected chi connectivity index (χ2v) is 4.86. The van der Waals surface area contributed by atoms with Crippen molar-refractivity contribution in [1.82, 2.24) is 9.55 Å². The normalized spacial score (nSPS) is 11.9. The molecule has 13 heavy (non-hydrogen) atoms. The molecular formula is C7H11ClN2O2S. The predicted molar refractivity (Wildman–Crippen MR) is 50.6 cm³/mol. The lowest BCUT2D eigenvalue weighted by molar-refractivity contribution is 0.570. The largest absolute Gasteiger partial charge is 0.318 e. The molecule has 0 bridgehead atoms. The first-order valence-corrected chi connectivity index (χ1v) is 6.23. The first kappa shape index (κ1) is 10.5. The molecule has 0 aromatic carbocycles. The summed E-state index contributed by atoms with van der Waals surface area (Å²) in [7, 11) is -3.24.